The molecule has 0 saturated heterocycles. The Morgan fingerprint density at radius 2 is 1.95 bits per heavy atom. The fraction of sp³-hybridized carbons (Fsp3) is 0.533. The van der Waals surface area contributed by atoms with E-state index in [1.807, 2.05) is 0 Å². The number of hydrogen-bond acceptors (Lipinski definition) is 4. The molecule has 1 amide bonds. The van der Waals surface area contributed by atoms with Crippen LogP contribution in [0.25, 0.3) is 0 Å². The van der Waals surface area contributed by atoms with Crippen LogP contribution in [0.5, 0.6) is 11.5 Å². The Bertz CT molecular complexity index is 503. The minimum absolute atomic E-state index is 0.157. The van der Waals surface area contributed by atoms with E-state index in [1.54, 1.807) is 18.2 Å². The van der Waals surface area contributed by atoms with Gasteiger partial charge in [0.25, 0.3) is 5.91 Å². The second-order valence-electron chi connectivity index (χ2n) is 5.35. The summed E-state index contributed by atoms with van der Waals surface area (Å²) in [5.41, 5.74) is 0.533. The first-order valence-corrected chi connectivity index (χ1v) is 7.12. The van der Waals surface area contributed by atoms with Crippen LogP contribution >= 0.6 is 0 Å². The van der Waals surface area contributed by atoms with Crippen molar-refractivity contribution in [1.29, 1.82) is 0 Å². The molecule has 3 rings (SSSR count). The third-order valence-electron chi connectivity index (χ3n) is 3.93. The zero-order valence-electron chi connectivity index (χ0n) is 11.3. The molecule has 0 radical (unpaired) electrons. The Morgan fingerprint density at radius 3 is 2.85 bits per heavy atom. The predicted octanol–water partition coefficient (Wildman–Crippen LogP) is 1.84. The van der Waals surface area contributed by atoms with Gasteiger partial charge in [0.05, 0.1) is 12.1 Å². The average Bonchev–Trinajstić information content (AvgIpc) is 2.83. The van der Waals surface area contributed by atoms with Crippen molar-refractivity contribution >= 4 is 5.91 Å². The van der Waals surface area contributed by atoms with E-state index in [1.165, 1.54) is 0 Å². The molecule has 1 saturated carbocycles. The molecule has 2 unspecified atom stereocenters. The number of hydrogen-bond donors (Lipinski definition) is 2. The van der Waals surface area contributed by atoms with Crippen molar-refractivity contribution in [3.05, 3.63) is 23.8 Å². The quantitative estimate of drug-likeness (QED) is 0.809. The molecule has 2 N–H and O–H groups in total. The summed E-state index contributed by atoms with van der Waals surface area (Å²) in [6, 6.07) is 4.98. The number of nitrogens with one attached hydrogen (secondary N) is 1. The van der Waals surface area contributed by atoms with Crippen LogP contribution in [0.15, 0.2) is 18.2 Å². The van der Waals surface area contributed by atoms with E-state index in [2.05, 4.69) is 5.32 Å². The lowest BCUT2D eigenvalue weighted by Crippen LogP contribution is -2.42. The van der Waals surface area contributed by atoms with Gasteiger partial charge in [0, 0.05) is 5.56 Å². The maximum absolute atomic E-state index is 12.3. The number of fused-ring (bicyclic) bond motifs is 1. The van der Waals surface area contributed by atoms with Crippen molar-refractivity contribution in [2.24, 2.45) is 0 Å². The van der Waals surface area contributed by atoms with Gasteiger partial charge in [0.1, 0.15) is 0 Å². The number of aliphatic hydroxyl groups is 1. The molecule has 5 heteroatoms. The highest BCUT2D eigenvalue weighted by Gasteiger charge is 2.24. The molecule has 0 aromatic heterocycles. The van der Waals surface area contributed by atoms with Gasteiger partial charge in [-0.15, -0.1) is 0 Å². The first-order valence-electron chi connectivity index (χ1n) is 7.12. The number of carbonyl (C=O) groups excluding carboxylic acids is 1. The number of ether oxygens (including phenoxy) is 2. The topological polar surface area (TPSA) is 67.8 Å². The lowest BCUT2D eigenvalue weighted by Gasteiger charge is -2.21. The lowest BCUT2D eigenvalue weighted by atomic mass is 10.1. The van der Waals surface area contributed by atoms with Crippen LogP contribution in [-0.4, -0.2) is 30.0 Å². The zero-order valence-corrected chi connectivity index (χ0v) is 11.3. The van der Waals surface area contributed by atoms with E-state index in [4.69, 9.17) is 9.47 Å². The van der Waals surface area contributed by atoms with Gasteiger partial charge in [0.15, 0.2) is 11.5 Å². The monoisotopic (exact) mass is 277 g/mol. The summed E-state index contributed by atoms with van der Waals surface area (Å²) in [7, 11) is 0. The largest absolute Gasteiger partial charge is 0.454 e. The summed E-state index contributed by atoms with van der Waals surface area (Å²) in [6.07, 6.45) is 4.33. The summed E-state index contributed by atoms with van der Waals surface area (Å²) in [4.78, 5) is 12.3. The third-order valence-corrected chi connectivity index (χ3v) is 3.93. The molecule has 5 nitrogen and oxygen atoms in total. The second kappa shape index (κ2) is 5.71. The lowest BCUT2D eigenvalue weighted by molar-refractivity contribution is 0.0818. The SMILES string of the molecule is O=C(NC1CCCCCC1O)c1ccc2c(c1)OCO2. The van der Waals surface area contributed by atoms with Crippen LogP contribution in [0.1, 0.15) is 42.5 Å². The number of benzene rings is 1. The molecule has 2 aliphatic rings. The highest BCUT2D eigenvalue weighted by molar-refractivity contribution is 5.95. The normalized spacial score (nSPS) is 25.1. The van der Waals surface area contributed by atoms with E-state index < -0.39 is 6.10 Å². The smallest absolute Gasteiger partial charge is 0.251 e. The van der Waals surface area contributed by atoms with Gasteiger partial charge in [-0.25, -0.2) is 0 Å². The fourth-order valence-corrected chi connectivity index (χ4v) is 2.75. The Hall–Kier alpha value is -1.75. The summed E-state index contributed by atoms with van der Waals surface area (Å²) in [5.74, 6) is 1.09. The number of carbonyl (C=O) groups is 1. The third kappa shape index (κ3) is 2.72. The Kier molecular flexibility index (Phi) is 3.78. The van der Waals surface area contributed by atoms with E-state index in [9.17, 15) is 9.90 Å². The number of rotatable bonds is 2. The molecule has 1 aromatic carbocycles. The van der Waals surface area contributed by atoms with E-state index in [-0.39, 0.29) is 18.7 Å². The molecule has 1 aliphatic heterocycles. The van der Waals surface area contributed by atoms with Crippen molar-refractivity contribution in [1.82, 2.24) is 5.32 Å². The molecule has 1 aromatic rings. The molecule has 0 spiro atoms. The van der Waals surface area contributed by atoms with Crippen LogP contribution in [-0.2, 0) is 0 Å². The number of aliphatic hydroxyl groups excluding tert-OH is 1. The Balaban J connectivity index is 1.69. The van der Waals surface area contributed by atoms with Gasteiger partial charge in [-0.1, -0.05) is 19.3 Å². The highest BCUT2D eigenvalue weighted by atomic mass is 16.7. The van der Waals surface area contributed by atoms with Crippen molar-refractivity contribution in [2.45, 2.75) is 44.2 Å². The fourth-order valence-electron chi connectivity index (χ4n) is 2.75. The van der Waals surface area contributed by atoms with Crippen LogP contribution < -0.4 is 14.8 Å². The molecule has 1 fully saturated rings. The molecular weight excluding hydrogens is 258 g/mol. The molecular formula is C15H19NO4. The standard InChI is InChI=1S/C15H19NO4/c17-12-5-3-1-2-4-11(12)16-15(18)10-6-7-13-14(8-10)20-9-19-13/h6-8,11-12,17H,1-5,9H2,(H,16,18). The molecule has 108 valence electrons. The van der Waals surface area contributed by atoms with E-state index in [0.717, 1.165) is 32.1 Å². The highest BCUT2D eigenvalue weighted by Crippen LogP contribution is 2.32. The molecule has 0 bridgehead atoms. The van der Waals surface area contributed by atoms with Crippen molar-refractivity contribution in [3.63, 3.8) is 0 Å². The van der Waals surface area contributed by atoms with Crippen molar-refractivity contribution in [2.75, 3.05) is 6.79 Å². The van der Waals surface area contributed by atoms with Crippen molar-refractivity contribution < 1.29 is 19.4 Å². The number of amides is 1. The summed E-state index contributed by atoms with van der Waals surface area (Å²) in [5, 5.41) is 13.0. The maximum atomic E-state index is 12.3. The second-order valence-corrected chi connectivity index (χ2v) is 5.35. The average molecular weight is 277 g/mol. The van der Waals surface area contributed by atoms with Crippen LogP contribution in [0.2, 0.25) is 0 Å². The molecule has 1 heterocycles. The minimum atomic E-state index is -0.449. The van der Waals surface area contributed by atoms with Crippen LogP contribution in [0, 0.1) is 0 Å². The predicted molar refractivity (Wildman–Crippen MR) is 72.9 cm³/mol. The van der Waals surface area contributed by atoms with Gasteiger partial charge < -0.3 is 19.9 Å². The Morgan fingerprint density at radius 1 is 1.15 bits per heavy atom. The van der Waals surface area contributed by atoms with Gasteiger partial charge in [-0.3, -0.25) is 4.79 Å². The first-order chi connectivity index (χ1) is 9.74. The van der Waals surface area contributed by atoms with Gasteiger partial charge in [-0.2, -0.15) is 0 Å². The van der Waals surface area contributed by atoms with E-state index in [0.29, 0.717) is 17.1 Å². The van der Waals surface area contributed by atoms with Crippen LogP contribution in [0.4, 0.5) is 0 Å². The summed E-state index contributed by atoms with van der Waals surface area (Å²) in [6.45, 7) is 0.196. The first kappa shape index (κ1) is 13.2. The van der Waals surface area contributed by atoms with E-state index >= 15 is 0 Å². The molecule has 20 heavy (non-hydrogen) atoms. The Labute approximate surface area is 117 Å². The van der Waals surface area contributed by atoms with Crippen LogP contribution in [0.3, 0.4) is 0 Å². The summed E-state index contributed by atoms with van der Waals surface area (Å²) < 4.78 is 10.5. The molecule has 2 atom stereocenters. The zero-order chi connectivity index (χ0) is 13.9. The minimum Gasteiger partial charge on any atom is -0.454 e. The maximum Gasteiger partial charge on any atom is 0.251 e. The summed E-state index contributed by atoms with van der Waals surface area (Å²) >= 11 is 0. The van der Waals surface area contributed by atoms with Gasteiger partial charge >= 0.3 is 0 Å². The van der Waals surface area contributed by atoms with Gasteiger partial charge in [0.2, 0.25) is 6.79 Å². The van der Waals surface area contributed by atoms with Crippen molar-refractivity contribution in [3.8, 4) is 11.5 Å². The molecule has 1 aliphatic carbocycles. The van der Waals surface area contributed by atoms with Gasteiger partial charge in [-0.05, 0) is 31.0 Å².